The molecule has 0 spiro atoms. The summed E-state index contributed by atoms with van der Waals surface area (Å²) >= 11 is 0. The van der Waals surface area contributed by atoms with Crippen LogP contribution >= 0.6 is 0 Å². The number of hydrogen-bond acceptors (Lipinski definition) is 4. The van der Waals surface area contributed by atoms with Crippen molar-refractivity contribution in [3.05, 3.63) is 71.4 Å². The summed E-state index contributed by atoms with van der Waals surface area (Å²) in [5.74, 6) is 0.640. The van der Waals surface area contributed by atoms with Gasteiger partial charge in [-0.2, -0.15) is 0 Å². The second kappa shape index (κ2) is 6.64. The van der Waals surface area contributed by atoms with E-state index in [1.807, 2.05) is 47.9 Å². The van der Waals surface area contributed by atoms with E-state index >= 15 is 0 Å². The molecule has 0 fully saturated rings. The van der Waals surface area contributed by atoms with E-state index in [4.69, 9.17) is 9.72 Å². The standard InChI is InChI=1S/C21H19N3O3/c1-13-9-10-24-18-11-15(21(25)26)5-8-17(18)23-20(19(13)24)22-12-14-3-6-16(27-2)7-4-14/h3-11H,12H2,1-2H3,(H,22,23)(H,25,26). The number of anilines is 1. The van der Waals surface area contributed by atoms with E-state index in [-0.39, 0.29) is 5.56 Å². The fourth-order valence-electron chi connectivity index (χ4n) is 3.20. The Kier molecular flexibility index (Phi) is 4.16. The Labute approximate surface area is 156 Å². The Balaban J connectivity index is 1.75. The van der Waals surface area contributed by atoms with Crippen LogP contribution in [0.2, 0.25) is 0 Å². The quantitative estimate of drug-likeness (QED) is 0.559. The highest BCUT2D eigenvalue weighted by Gasteiger charge is 2.13. The van der Waals surface area contributed by atoms with Gasteiger partial charge in [0.25, 0.3) is 0 Å². The van der Waals surface area contributed by atoms with Crippen molar-refractivity contribution in [2.24, 2.45) is 0 Å². The molecule has 4 aromatic rings. The fourth-order valence-corrected chi connectivity index (χ4v) is 3.20. The number of methoxy groups -OCH3 is 1. The molecule has 0 bridgehead atoms. The highest BCUT2D eigenvalue weighted by atomic mass is 16.5. The predicted molar refractivity (Wildman–Crippen MR) is 105 cm³/mol. The molecule has 0 aliphatic heterocycles. The predicted octanol–water partition coefficient (Wildman–Crippen LogP) is 4.11. The van der Waals surface area contributed by atoms with Crippen LogP contribution in [0.4, 0.5) is 5.82 Å². The lowest BCUT2D eigenvalue weighted by Gasteiger charge is -2.12. The summed E-state index contributed by atoms with van der Waals surface area (Å²) in [6, 6.07) is 14.8. The third-order valence-electron chi connectivity index (χ3n) is 4.65. The van der Waals surface area contributed by atoms with Crippen LogP contribution in [0, 0.1) is 6.92 Å². The fraction of sp³-hybridized carbons (Fsp3) is 0.143. The molecule has 0 saturated carbocycles. The third-order valence-corrected chi connectivity index (χ3v) is 4.65. The summed E-state index contributed by atoms with van der Waals surface area (Å²) in [7, 11) is 1.65. The van der Waals surface area contributed by atoms with E-state index in [0.717, 1.165) is 39.2 Å². The van der Waals surface area contributed by atoms with Gasteiger partial charge in [-0.3, -0.25) is 0 Å². The molecule has 6 nitrogen and oxygen atoms in total. The number of nitrogens with one attached hydrogen (secondary N) is 1. The van der Waals surface area contributed by atoms with Gasteiger partial charge in [0.2, 0.25) is 0 Å². The van der Waals surface area contributed by atoms with Crippen molar-refractivity contribution in [3.63, 3.8) is 0 Å². The molecule has 2 heterocycles. The number of rotatable bonds is 5. The molecule has 27 heavy (non-hydrogen) atoms. The van der Waals surface area contributed by atoms with Gasteiger partial charge in [-0.05, 0) is 54.4 Å². The Morgan fingerprint density at radius 2 is 1.96 bits per heavy atom. The molecular formula is C21H19N3O3. The molecule has 0 radical (unpaired) electrons. The van der Waals surface area contributed by atoms with Crippen molar-refractivity contribution < 1.29 is 14.6 Å². The lowest BCUT2D eigenvalue weighted by molar-refractivity contribution is 0.0697. The normalized spacial score (nSPS) is 11.0. The number of aromatic nitrogens is 2. The summed E-state index contributed by atoms with van der Waals surface area (Å²) in [6.45, 7) is 2.64. The Bertz CT molecular complexity index is 1150. The zero-order chi connectivity index (χ0) is 19.0. The minimum atomic E-state index is -0.948. The number of aryl methyl sites for hydroxylation is 1. The van der Waals surface area contributed by atoms with Crippen molar-refractivity contribution in [1.29, 1.82) is 0 Å². The lowest BCUT2D eigenvalue weighted by atomic mass is 10.2. The molecule has 0 saturated heterocycles. The number of fused-ring (bicyclic) bond motifs is 3. The van der Waals surface area contributed by atoms with Gasteiger partial charge in [-0.1, -0.05) is 12.1 Å². The first-order valence-corrected chi connectivity index (χ1v) is 8.58. The number of carboxylic acids is 1. The summed E-state index contributed by atoms with van der Waals surface area (Å²) in [5, 5.41) is 12.7. The van der Waals surface area contributed by atoms with Crippen molar-refractivity contribution in [1.82, 2.24) is 9.38 Å². The summed E-state index contributed by atoms with van der Waals surface area (Å²) < 4.78 is 7.18. The van der Waals surface area contributed by atoms with Gasteiger partial charge in [0.15, 0.2) is 5.82 Å². The highest BCUT2D eigenvalue weighted by molar-refractivity contribution is 5.94. The maximum absolute atomic E-state index is 11.3. The molecule has 0 aliphatic rings. The van der Waals surface area contributed by atoms with Crippen LogP contribution in [0.25, 0.3) is 16.6 Å². The first kappa shape index (κ1) is 16.9. The van der Waals surface area contributed by atoms with Crippen LogP contribution in [0.15, 0.2) is 54.7 Å². The number of carbonyl (C=O) groups is 1. The zero-order valence-electron chi connectivity index (χ0n) is 15.1. The van der Waals surface area contributed by atoms with Crippen molar-refractivity contribution in [2.45, 2.75) is 13.5 Å². The molecule has 0 amide bonds. The van der Waals surface area contributed by atoms with Crippen LogP contribution in [0.3, 0.4) is 0 Å². The van der Waals surface area contributed by atoms with Crippen molar-refractivity contribution >= 4 is 28.3 Å². The second-order valence-corrected chi connectivity index (χ2v) is 6.39. The maximum Gasteiger partial charge on any atom is 0.335 e. The molecule has 2 N–H and O–H groups in total. The van der Waals surface area contributed by atoms with Gasteiger partial charge in [0.05, 0.1) is 29.2 Å². The molecule has 0 aliphatic carbocycles. The number of hydrogen-bond donors (Lipinski definition) is 2. The maximum atomic E-state index is 11.3. The first-order valence-electron chi connectivity index (χ1n) is 8.58. The van der Waals surface area contributed by atoms with Crippen LogP contribution < -0.4 is 10.1 Å². The Morgan fingerprint density at radius 3 is 2.67 bits per heavy atom. The third kappa shape index (κ3) is 3.06. The van der Waals surface area contributed by atoms with E-state index in [1.54, 1.807) is 25.3 Å². The topological polar surface area (TPSA) is 75.9 Å². The van der Waals surface area contributed by atoms with Gasteiger partial charge < -0.3 is 19.6 Å². The number of carboxylic acid groups (broad SMARTS) is 1. The molecule has 2 aromatic heterocycles. The largest absolute Gasteiger partial charge is 0.497 e. The molecule has 0 atom stereocenters. The number of aromatic carboxylic acids is 1. The minimum Gasteiger partial charge on any atom is -0.497 e. The van der Waals surface area contributed by atoms with Crippen molar-refractivity contribution in [2.75, 3.05) is 12.4 Å². The molecule has 136 valence electrons. The van der Waals surface area contributed by atoms with E-state index in [9.17, 15) is 9.90 Å². The lowest BCUT2D eigenvalue weighted by Crippen LogP contribution is -2.05. The van der Waals surface area contributed by atoms with Gasteiger partial charge in [-0.25, -0.2) is 9.78 Å². The average molecular weight is 361 g/mol. The molecule has 2 aromatic carbocycles. The minimum absolute atomic E-state index is 0.246. The van der Waals surface area contributed by atoms with E-state index in [0.29, 0.717) is 6.54 Å². The SMILES string of the molecule is COc1ccc(CNc2nc3ccc(C(=O)O)cc3n3ccc(C)c23)cc1. The molecule has 6 heteroatoms. The Hall–Kier alpha value is -3.54. The van der Waals surface area contributed by atoms with E-state index in [1.165, 1.54) is 0 Å². The monoisotopic (exact) mass is 361 g/mol. The summed E-state index contributed by atoms with van der Waals surface area (Å²) in [4.78, 5) is 16.0. The van der Waals surface area contributed by atoms with Gasteiger partial charge >= 0.3 is 5.97 Å². The molecule has 0 unspecified atom stereocenters. The van der Waals surface area contributed by atoms with Crippen molar-refractivity contribution in [3.8, 4) is 5.75 Å². The van der Waals surface area contributed by atoms with Crippen LogP contribution in [-0.4, -0.2) is 27.6 Å². The molecular weight excluding hydrogens is 342 g/mol. The average Bonchev–Trinajstić information content (AvgIpc) is 3.08. The molecule has 4 rings (SSSR count). The first-order chi connectivity index (χ1) is 13.1. The van der Waals surface area contributed by atoms with Gasteiger partial charge in [0, 0.05) is 12.7 Å². The van der Waals surface area contributed by atoms with E-state index in [2.05, 4.69) is 5.32 Å². The summed E-state index contributed by atoms with van der Waals surface area (Å²) in [6.07, 6.45) is 1.94. The number of benzene rings is 2. The van der Waals surface area contributed by atoms with Crippen LogP contribution in [-0.2, 0) is 6.54 Å². The highest BCUT2D eigenvalue weighted by Crippen LogP contribution is 2.27. The van der Waals surface area contributed by atoms with E-state index < -0.39 is 5.97 Å². The zero-order valence-corrected chi connectivity index (χ0v) is 15.1. The number of nitrogens with zero attached hydrogens (tertiary/aromatic N) is 2. The Morgan fingerprint density at radius 1 is 1.19 bits per heavy atom. The van der Waals surface area contributed by atoms with Crippen LogP contribution in [0.5, 0.6) is 5.75 Å². The van der Waals surface area contributed by atoms with Gasteiger partial charge in [-0.15, -0.1) is 0 Å². The summed E-state index contributed by atoms with van der Waals surface area (Å²) in [5.41, 5.74) is 4.88. The smallest absolute Gasteiger partial charge is 0.335 e. The van der Waals surface area contributed by atoms with Crippen LogP contribution in [0.1, 0.15) is 21.5 Å². The second-order valence-electron chi connectivity index (χ2n) is 6.39. The van der Waals surface area contributed by atoms with Gasteiger partial charge in [0.1, 0.15) is 5.75 Å². The number of ether oxygens (including phenoxy) is 1.